The Hall–Kier alpha value is -0.610. The van der Waals surface area contributed by atoms with Crippen LogP contribution in [0.1, 0.15) is 45.4 Å². The summed E-state index contributed by atoms with van der Waals surface area (Å²) in [6.07, 6.45) is 7.54. The third kappa shape index (κ3) is 3.95. The van der Waals surface area contributed by atoms with E-state index in [4.69, 9.17) is 4.74 Å². The van der Waals surface area contributed by atoms with Crippen molar-refractivity contribution in [2.75, 3.05) is 19.7 Å². The van der Waals surface area contributed by atoms with E-state index in [1.165, 1.54) is 38.5 Å². The smallest absolute Gasteiger partial charge is 0.250 e. The van der Waals surface area contributed by atoms with Gasteiger partial charge in [0.1, 0.15) is 6.10 Å². The maximum Gasteiger partial charge on any atom is 0.250 e. The number of ether oxygens (including phenoxy) is 1. The molecule has 104 valence electrons. The number of carbonyl (C=O) groups is 1. The molecular weight excluding hydrogens is 228 g/mol. The van der Waals surface area contributed by atoms with Crippen LogP contribution < -0.4 is 10.6 Å². The van der Waals surface area contributed by atoms with E-state index in [-0.39, 0.29) is 18.1 Å². The Morgan fingerprint density at radius 3 is 2.61 bits per heavy atom. The first-order valence-electron chi connectivity index (χ1n) is 7.40. The second-order valence-electron chi connectivity index (χ2n) is 5.61. The molecule has 0 radical (unpaired) electrons. The predicted octanol–water partition coefficient (Wildman–Crippen LogP) is 1.45. The highest BCUT2D eigenvalue weighted by Gasteiger charge is 2.26. The summed E-state index contributed by atoms with van der Waals surface area (Å²) in [6, 6.07) is 0.279. The molecule has 0 aromatic rings. The van der Waals surface area contributed by atoms with E-state index < -0.39 is 0 Å². The van der Waals surface area contributed by atoms with Gasteiger partial charge >= 0.3 is 0 Å². The second-order valence-corrected chi connectivity index (χ2v) is 5.61. The molecule has 1 heterocycles. The number of amides is 1. The number of nitrogens with one attached hydrogen (secondary N) is 2. The van der Waals surface area contributed by atoms with Gasteiger partial charge in [0, 0.05) is 19.1 Å². The minimum Gasteiger partial charge on any atom is -0.366 e. The Labute approximate surface area is 110 Å². The summed E-state index contributed by atoms with van der Waals surface area (Å²) < 4.78 is 5.48. The van der Waals surface area contributed by atoms with Crippen LogP contribution in [0.3, 0.4) is 0 Å². The van der Waals surface area contributed by atoms with E-state index in [9.17, 15) is 4.79 Å². The van der Waals surface area contributed by atoms with Gasteiger partial charge in [-0.15, -0.1) is 0 Å². The minimum atomic E-state index is -0.299. The van der Waals surface area contributed by atoms with Crippen molar-refractivity contribution in [2.24, 2.45) is 5.92 Å². The van der Waals surface area contributed by atoms with Gasteiger partial charge in [-0.3, -0.25) is 4.79 Å². The van der Waals surface area contributed by atoms with Crippen LogP contribution in [0.5, 0.6) is 0 Å². The number of hydrogen-bond donors (Lipinski definition) is 2. The summed E-state index contributed by atoms with van der Waals surface area (Å²) in [5.41, 5.74) is 0. The molecule has 1 saturated carbocycles. The van der Waals surface area contributed by atoms with Gasteiger partial charge in [0.2, 0.25) is 0 Å². The number of hydrogen-bond acceptors (Lipinski definition) is 3. The van der Waals surface area contributed by atoms with Gasteiger partial charge in [0.15, 0.2) is 0 Å². The molecule has 2 aliphatic rings. The summed E-state index contributed by atoms with van der Waals surface area (Å²) in [4.78, 5) is 12.1. The zero-order chi connectivity index (χ0) is 12.8. The van der Waals surface area contributed by atoms with Crippen molar-refractivity contribution in [3.05, 3.63) is 0 Å². The molecular formula is C14H26N2O2. The molecule has 2 atom stereocenters. The fourth-order valence-electron chi connectivity index (χ4n) is 2.98. The van der Waals surface area contributed by atoms with Gasteiger partial charge in [-0.2, -0.15) is 0 Å². The molecule has 1 aliphatic carbocycles. The van der Waals surface area contributed by atoms with Gasteiger partial charge < -0.3 is 15.4 Å². The van der Waals surface area contributed by atoms with Crippen molar-refractivity contribution in [1.29, 1.82) is 0 Å². The van der Waals surface area contributed by atoms with Crippen LogP contribution >= 0.6 is 0 Å². The number of morpholine rings is 1. The largest absolute Gasteiger partial charge is 0.366 e. The SMILES string of the molecule is C[C@H](NC(=O)C1CNCCO1)C1CCCCCC1. The molecule has 0 spiro atoms. The first kappa shape index (κ1) is 13.8. The van der Waals surface area contributed by atoms with Crippen molar-refractivity contribution >= 4 is 5.91 Å². The molecule has 0 bridgehead atoms. The quantitative estimate of drug-likeness (QED) is 0.750. The van der Waals surface area contributed by atoms with Crippen molar-refractivity contribution in [3.63, 3.8) is 0 Å². The molecule has 2 rings (SSSR count). The van der Waals surface area contributed by atoms with Crippen LogP contribution in [-0.4, -0.2) is 37.7 Å². The molecule has 1 amide bonds. The highest BCUT2D eigenvalue weighted by atomic mass is 16.5. The monoisotopic (exact) mass is 254 g/mol. The fourth-order valence-corrected chi connectivity index (χ4v) is 2.98. The van der Waals surface area contributed by atoms with Crippen LogP contribution in [0.4, 0.5) is 0 Å². The molecule has 4 heteroatoms. The van der Waals surface area contributed by atoms with Crippen molar-refractivity contribution < 1.29 is 9.53 Å². The third-order valence-electron chi connectivity index (χ3n) is 4.20. The van der Waals surface area contributed by atoms with Gasteiger partial charge in [0.05, 0.1) is 6.61 Å². The highest BCUT2D eigenvalue weighted by Crippen LogP contribution is 2.25. The minimum absolute atomic E-state index is 0.0546. The van der Waals surface area contributed by atoms with E-state index in [0.717, 1.165) is 6.54 Å². The predicted molar refractivity (Wildman–Crippen MR) is 71.4 cm³/mol. The standard InChI is InChI=1S/C14H26N2O2/c1-11(12-6-4-2-3-5-7-12)16-14(17)13-10-15-8-9-18-13/h11-13,15H,2-10H2,1H3,(H,16,17)/t11-,13?/m0/s1. The van der Waals surface area contributed by atoms with E-state index >= 15 is 0 Å². The molecule has 2 N–H and O–H groups in total. The molecule has 18 heavy (non-hydrogen) atoms. The lowest BCUT2D eigenvalue weighted by molar-refractivity contribution is -0.135. The van der Waals surface area contributed by atoms with Crippen LogP contribution in [0.15, 0.2) is 0 Å². The van der Waals surface area contributed by atoms with Crippen LogP contribution in [0.25, 0.3) is 0 Å². The Bertz CT molecular complexity index is 257. The fraction of sp³-hybridized carbons (Fsp3) is 0.929. The normalized spacial score (nSPS) is 28.4. The average Bonchev–Trinajstić information content (AvgIpc) is 2.68. The Balaban J connectivity index is 1.77. The van der Waals surface area contributed by atoms with E-state index in [0.29, 0.717) is 19.1 Å². The van der Waals surface area contributed by atoms with Gasteiger partial charge in [-0.25, -0.2) is 0 Å². The number of rotatable bonds is 3. The first-order chi connectivity index (χ1) is 8.77. The third-order valence-corrected chi connectivity index (χ3v) is 4.20. The Morgan fingerprint density at radius 2 is 2.00 bits per heavy atom. The average molecular weight is 254 g/mol. The molecule has 4 nitrogen and oxygen atoms in total. The second kappa shape index (κ2) is 7.10. The lowest BCUT2D eigenvalue weighted by Crippen LogP contribution is -2.51. The molecule has 1 unspecified atom stereocenters. The zero-order valence-electron chi connectivity index (χ0n) is 11.4. The lowest BCUT2D eigenvalue weighted by atomic mass is 9.93. The number of carbonyl (C=O) groups excluding carboxylic acids is 1. The summed E-state index contributed by atoms with van der Waals surface area (Å²) >= 11 is 0. The van der Waals surface area contributed by atoms with Crippen molar-refractivity contribution in [3.8, 4) is 0 Å². The summed E-state index contributed by atoms with van der Waals surface area (Å²) in [6.45, 7) is 4.27. The molecule has 2 fully saturated rings. The van der Waals surface area contributed by atoms with E-state index in [1.807, 2.05) is 0 Å². The Kier molecular flexibility index (Phi) is 5.45. The lowest BCUT2D eigenvalue weighted by Gasteiger charge is -2.28. The first-order valence-corrected chi connectivity index (χ1v) is 7.40. The Morgan fingerprint density at radius 1 is 1.28 bits per heavy atom. The van der Waals surface area contributed by atoms with Gasteiger partial charge in [-0.1, -0.05) is 25.7 Å². The van der Waals surface area contributed by atoms with Gasteiger partial charge in [0.25, 0.3) is 5.91 Å². The molecule has 1 saturated heterocycles. The molecule has 0 aromatic carbocycles. The summed E-state index contributed by atoms with van der Waals surface area (Å²) in [7, 11) is 0. The summed E-state index contributed by atoms with van der Waals surface area (Å²) in [5.74, 6) is 0.701. The maximum atomic E-state index is 12.1. The van der Waals surface area contributed by atoms with E-state index in [2.05, 4.69) is 17.6 Å². The van der Waals surface area contributed by atoms with Crippen LogP contribution in [0, 0.1) is 5.92 Å². The van der Waals surface area contributed by atoms with Gasteiger partial charge in [-0.05, 0) is 25.7 Å². The van der Waals surface area contributed by atoms with Crippen molar-refractivity contribution in [2.45, 2.75) is 57.6 Å². The topological polar surface area (TPSA) is 50.4 Å². The maximum absolute atomic E-state index is 12.1. The van der Waals surface area contributed by atoms with Crippen LogP contribution in [-0.2, 0) is 9.53 Å². The van der Waals surface area contributed by atoms with E-state index in [1.54, 1.807) is 0 Å². The molecule has 1 aliphatic heterocycles. The van der Waals surface area contributed by atoms with Crippen molar-refractivity contribution in [1.82, 2.24) is 10.6 Å². The highest BCUT2D eigenvalue weighted by molar-refractivity contribution is 5.81. The molecule has 0 aromatic heterocycles. The summed E-state index contributed by atoms with van der Waals surface area (Å²) in [5, 5.41) is 6.34. The zero-order valence-corrected chi connectivity index (χ0v) is 11.4. The van der Waals surface area contributed by atoms with Crippen LogP contribution in [0.2, 0.25) is 0 Å².